The van der Waals surface area contributed by atoms with Gasteiger partial charge in [-0.2, -0.15) is 0 Å². The summed E-state index contributed by atoms with van der Waals surface area (Å²) in [6.45, 7) is 4.00. The molecule has 0 aromatic heterocycles. The summed E-state index contributed by atoms with van der Waals surface area (Å²) in [5.74, 6) is 0. The molecule has 6 rings (SSSR count). The molecule has 4 aliphatic rings. The van der Waals surface area contributed by atoms with Crippen LogP contribution in [0.3, 0.4) is 0 Å². The molecule has 0 aliphatic heterocycles. The van der Waals surface area contributed by atoms with Gasteiger partial charge >= 0.3 is 0 Å². The van der Waals surface area contributed by atoms with Crippen LogP contribution in [0.4, 0.5) is 11.4 Å². The first-order chi connectivity index (χ1) is 10.3. The molecule has 0 amide bonds. The zero-order valence-electron chi connectivity index (χ0n) is 12.8. The normalized spacial score (nSPS) is 12.9. The number of rotatable bonds is 1. The van der Waals surface area contributed by atoms with Crippen molar-refractivity contribution < 1.29 is 5.21 Å². The van der Waals surface area contributed by atoms with Crippen molar-refractivity contribution in [3.8, 4) is 0 Å². The Hall–Kier alpha value is -2.00. The van der Waals surface area contributed by atoms with E-state index in [2.05, 4.69) is 35.8 Å². The van der Waals surface area contributed by atoms with Gasteiger partial charge in [-0.3, -0.25) is 10.7 Å². The van der Waals surface area contributed by atoms with E-state index < -0.39 is 0 Å². The summed E-state index contributed by atoms with van der Waals surface area (Å²) in [6, 6.07) is 12.6. The molecule has 2 aromatic carbocycles. The lowest BCUT2D eigenvalue weighted by molar-refractivity contribution is 0.388. The van der Waals surface area contributed by atoms with E-state index in [-0.39, 0.29) is 0 Å². The van der Waals surface area contributed by atoms with E-state index in [0.29, 0.717) is 0 Å². The summed E-state index contributed by atoms with van der Waals surface area (Å²) < 4.78 is 0. The predicted octanol–water partition coefficient (Wildman–Crippen LogP) is 3.98. The van der Waals surface area contributed by atoms with E-state index in [9.17, 15) is 5.21 Å². The van der Waals surface area contributed by atoms with E-state index in [1.807, 2.05) is 19.9 Å². The Morgan fingerprint density at radius 2 is 1.43 bits per heavy atom. The SMILES string of the molecule is CC.Nc1cc2ccc1CCc1ccc(c(NO)c1)CC2. The summed E-state index contributed by atoms with van der Waals surface area (Å²) in [5, 5.41) is 9.25. The highest BCUT2D eigenvalue weighted by Crippen LogP contribution is 2.24. The maximum Gasteiger partial charge on any atom is 0.0636 e. The highest BCUT2D eigenvalue weighted by Gasteiger charge is 2.09. The fraction of sp³-hybridized carbons (Fsp3) is 0.333. The van der Waals surface area contributed by atoms with Gasteiger partial charge in [-0.25, -0.2) is 0 Å². The van der Waals surface area contributed by atoms with E-state index in [1.165, 1.54) is 16.7 Å². The van der Waals surface area contributed by atoms with Crippen molar-refractivity contribution >= 4 is 11.4 Å². The minimum atomic E-state index is 0.820. The first kappa shape index (κ1) is 15.4. The monoisotopic (exact) mass is 284 g/mol. The van der Waals surface area contributed by atoms with Crippen LogP contribution >= 0.6 is 0 Å². The van der Waals surface area contributed by atoms with Crippen molar-refractivity contribution in [1.29, 1.82) is 0 Å². The second-order valence-corrected chi connectivity index (χ2v) is 5.14. The van der Waals surface area contributed by atoms with Crippen molar-refractivity contribution in [3.05, 3.63) is 58.7 Å². The van der Waals surface area contributed by atoms with Gasteiger partial charge in [0.25, 0.3) is 0 Å². The van der Waals surface area contributed by atoms with Gasteiger partial charge in [-0.05, 0) is 60.1 Å². The Morgan fingerprint density at radius 3 is 2.05 bits per heavy atom. The van der Waals surface area contributed by atoms with E-state index >= 15 is 0 Å². The molecule has 0 unspecified atom stereocenters. The van der Waals surface area contributed by atoms with Gasteiger partial charge in [0.2, 0.25) is 0 Å². The molecule has 0 heterocycles. The molecule has 0 saturated carbocycles. The number of aryl methyl sites for hydroxylation is 4. The number of nitrogens with two attached hydrogens (primary N) is 1. The highest BCUT2D eigenvalue weighted by atomic mass is 16.5. The highest BCUT2D eigenvalue weighted by molar-refractivity contribution is 5.54. The molecular weight excluding hydrogens is 260 g/mol. The topological polar surface area (TPSA) is 58.3 Å². The molecule has 0 spiro atoms. The quantitative estimate of drug-likeness (QED) is 0.548. The lowest BCUT2D eigenvalue weighted by Crippen LogP contribution is -2.04. The molecule has 0 saturated heterocycles. The second kappa shape index (κ2) is 7.14. The zero-order valence-corrected chi connectivity index (χ0v) is 12.8. The molecule has 21 heavy (non-hydrogen) atoms. The fourth-order valence-electron chi connectivity index (χ4n) is 2.69. The Kier molecular flexibility index (Phi) is 5.23. The average molecular weight is 284 g/mol. The summed E-state index contributed by atoms with van der Waals surface area (Å²) in [5.41, 5.74) is 14.9. The maximum atomic E-state index is 9.25. The molecule has 4 bridgehead atoms. The number of nitrogens with one attached hydrogen (secondary N) is 1. The van der Waals surface area contributed by atoms with Crippen LogP contribution in [-0.4, -0.2) is 5.21 Å². The van der Waals surface area contributed by atoms with Gasteiger partial charge in [-0.1, -0.05) is 38.1 Å². The molecule has 0 fully saturated rings. The summed E-state index contributed by atoms with van der Waals surface area (Å²) in [4.78, 5) is 0. The second-order valence-electron chi connectivity index (χ2n) is 5.14. The zero-order chi connectivity index (χ0) is 15.2. The van der Waals surface area contributed by atoms with Crippen LogP contribution in [0.1, 0.15) is 36.1 Å². The molecule has 2 aromatic rings. The predicted molar refractivity (Wildman–Crippen MR) is 88.9 cm³/mol. The Balaban J connectivity index is 0.000000774. The van der Waals surface area contributed by atoms with Gasteiger partial charge in [0.05, 0.1) is 5.69 Å². The number of benzene rings is 2. The van der Waals surface area contributed by atoms with E-state index in [1.54, 1.807) is 0 Å². The number of anilines is 2. The Labute approximate surface area is 126 Å². The van der Waals surface area contributed by atoms with Crippen molar-refractivity contribution in [3.63, 3.8) is 0 Å². The molecule has 3 nitrogen and oxygen atoms in total. The molecule has 4 N–H and O–H groups in total. The van der Waals surface area contributed by atoms with Crippen molar-refractivity contribution in [2.75, 3.05) is 11.2 Å². The minimum Gasteiger partial charge on any atom is -0.398 e. The summed E-state index contributed by atoms with van der Waals surface area (Å²) >= 11 is 0. The summed E-state index contributed by atoms with van der Waals surface area (Å²) in [6.07, 6.45) is 3.68. The third-order valence-corrected chi connectivity index (χ3v) is 3.87. The third-order valence-electron chi connectivity index (χ3n) is 3.87. The van der Waals surface area contributed by atoms with Crippen LogP contribution in [-0.2, 0) is 25.7 Å². The largest absolute Gasteiger partial charge is 0.398 e. The number of hydrogen-bond acceptors (Lipinski definition) is 3. The van der Waals surface area contributed by atoms with E-state index in [0.717, 1.165) is 42.6 Å². The first-order valence-corrected chi connectivity index (χ1v) is 7.65. The molecular formula is C18H24N2O. The van der Waals surface area contributed by atoms with Gasteiger partial charge in [0.1, 0.15) is 0 Å². The lowest BCUT2D eigenvalue weighted by atomic mass is 9.95. The van der Waals surface area contributed by atoms with Crippen LogP contribution in [0.25, 0.3) is 0 Å². The Bertz CT molecular complexity index is 608. The number of nitrogen functional groups attached to an aromatic ring is 1. The van der Waals surface area contributed by atoms with Crippen LogP contribution in [0.2, 0.25) is 0 Å². The molecule has 3 heteroatoms. The van der Waals surface area contributed by atoms with Gasteiger partial charge in [0, 0.05) is 5.69 Å². The third kappa shape index (κ3) is 3.56. The fourth-order valence-corrected chi connectivity index (χ4v) is 2.69. The lowest BCUT2D eigenvalue weighted by Gasteiger charge is -2.14. The van der Waals surface area contributed by atoms with E-state index in [4.69, 9.17) is 5.73 Å². The number of hydrogen-bond donors (Lipinski definition) is 3. The van der Waals surface area contributed by atoms with Crippen molar-refractivity contribution in [2.24, 2.45) is 0 Å². The molecule has 112 valence electrons. The van der Waals surface area contributed by atoms with Crippen molar-refractivity contribution in [2.45, 2.75) is 39.5 Å². The molecule has 0 atom stereocenters. The van der Waals surface area contributed by atoms with Gasteiger partial charge in [0.15, 0.2) is 0 Å². The smallest absolute Gasteiger partial charge is 0.0636 e. The van der Waals surface area contributed by atoms with Crippen LogP contribution < -0.4 is 11.2 Å². The van der Waals surface area contributed by atoms with Crippen molar-refractivity contribution in [1.82, 2.24) is 0 Å². The van der Waals surface area contributed by atoms with Crippen LogP contribution in [0, 0.1) is 0 Å². The minimum absolute atomic E-state index is 0.820. The van der Waals surface area contributed by atoms with Gasteiger partial charge in [-0.15, -0.1) is 0 Å². The standard InChI is InChI=1S/C16H18N2O.C2H6/c17-15-9-11-1-5-13(15)6-2-12-4-8-14(7-3-11)16(10-12)18-19;1-2/h1,4-5,8-10,18-19H,2-3,6-7,17H2;1-2H3. The van der Waals surface area contributed by atoms with Crippen LogP contribution in [0.5, 0.6) is 0 Å². The Morgan fingerprint density at radius 1 is 0.857 bits per heavy atom. The van der Waals surface area contributed by atoms with Gasteiger partial charge < -0.3 is 5.73 Å². The van der Waals surface area contributed by atoms with Crippen LogP contribution in [0.15, 0.2) is 36.4 Å². The summed E-state index contributed by atoms with van der Waals surface area (Å²) in [7, 11) is 0. The first-order valence-electron chi connectivity index (χ1n) is 7.65. The average Bonchev–Trinajstić information content (AvgIpc) is 2.52. The molecule has 4 aliphatic carbocycles. The molecule has 0 radical (unpaired) electrons. The maximum absolute atomic E-state index is 9.25.